The van der Waals surface area contributed by atoms with Crippen LogP contribution in [0.3, 0.4) is 0 Å². The largest absolute Gasteiger partial charge is 0.354 e. The number of carbonyl (C=O) groups is 2. The molecule has 10 heteroatoms. The zero-order valence-corrected chi connectivity index (χ0v) is 23.0. The van der Waals surface area contributed by atoms with Crippen molar-refractivity contribution in [2.24, 2.45) is 0 Å². The molecule has 34 heavy (non-hydrogen) atoms. The van der Waals surface area contributed by atoms with Crippen LogP contribution in [0.15, 0.2) is 46.9 Å². The van der Waals surface area contributed by atoms with Gasteiger partial charge in [0.1, 0.15) is 12.6 Å². The van der Waals surface area contributed by atoms with E-state index in [1.807, 2.05) is 31.2 Å². The van der Waals surface area contributed by atoms with E-state index in [0.717, 1.165) is 33.4 Å². The average molecular weight is 573 g/mol. The first kappa shape index (κ1) is 28.1. The summed E-state index contributed by atoms with van der Waals surface area (Å²) in [5, 5.41) is 3.25. The lowest BCUT2D eigenvalue weighted by atomic mass is 10.1. The van der Waals surface area contributed by atoms with Gasteiger partial charge in [-0.1, -0.05) is 59.1 Å². The van der Waals surface area contributed by atoms with Gasteiger partial charge in [0.25, 0.3) is 0 Å². The van der Waals surface area contributed by atoms with Crippen molar-refractivity contribution in [1.29, 1.82) is 0 Å². The second-order valence-corrected chi connectivity index (χ2v) is 11.4. The first-order chi connectivity index (χ1) is 16.0. The number of nitrogens with zero attached hydrogens (tertiary/aromatic N) is 2. The summed E-state index contributed by atoms with van der Waals surface area (Å²) in [5.74, 6) is -0.783. The molecule has 2 rings (SSSR count). The zero-order valence-electron chi connectivity index (χ0n) is 19.8. The fourth-order valence-corrected chi connectivity index (χ4v) is 4.70. The lowest BCUT2D eigenvalue weighted by Crippen LogP contribution is -2.51. The lowest BCUT2D eigenvalue weighted by Gasteiger charge is -2.32. The van der Waals surface area contributed by atoms with Gasteiger partial charge in [0.15, 0.2) is 0 Å². The normalized spacial score (nSPS) is 12.2. The van der Waals surface area contributed by atoms with Crippen LogP contribution < -0.4 is 9.62 Å². The third-order valence-electron chi connectivity index (χ3n) is 5.45. The van der Waals surface area contributed by atoms with Gasteiger partial charge in [-0.05, 0) is 55.7 Å². The zero-order chi connectivity index (χ0) is 25.5. The van der Waals surface area contributed by atoms with Crippen molar-refractivity contribution in [3.8, 4) is 0 Å². The summed E-state index contributed by atoms with van der Waals surface area (Å²) in [6, 6.07) is 11.5. The standard InChI is InChI=1S/C24H31BrClN3O4S/c1-5-6-14-27-24(31)18(3)28(15-19-10-12-20(25)13-11-19)23(30)16-29(34(4,32)33)22-9-7-8-21(26)17(22)2/h7-13,18H,5-6,14-16H2,1-4H3,(H,27,31)/t18-/m1/s1. The van der Waals surface area contributed by atoms with E-state index in [1.54, 1.807) is 32.0 Å². The molecule has 1 N–H and O–H groups in total. The Bertz CT molecular complexity index is 1110. The number of hydrogen-bond donors (Lipinski definition) is 1. The van der Waals surface area contributed by atoms with Gasteiger partial charge in [-0.3, -0.25) is 13.9 Å². The first-order valence-electron chi connectivity index (χ1n) is 11.0. The van der Waals surface area contributed by atoms with Gasteiger partial charge in [-0.25, -0.2) is 8.42 Å². The molecule has 0 radical (unpaired) electrons. The summed E-state index contributed by atoms with van der Waals surface area (Å²) in [6.45, 7) is 5.58. The van der Waals surface area contributed by atoms with E-state index in [4.69, 9.17) is 11.6 Å². The molecule has 1 atom stereocenters. The molecule has 0 unspecified atom stereocenters. The minimum atomic E-state index is -3.81. The van der Waals surface area contributed by atoms with Crippen LogP contribution in [0.4, 0.5) is 5.69 Å². The number of amides is 2. The molecular weight excluding hydrogens is 542 g/mol. The number of carbonyl (C=O) groups excluding carboxylic acids is 2. The van der Waals surface area contributed by atoms with Crippen LogP contribution in [0, 0.1) is 6.92 Å². The van der Waals surface area contributed by atoms with Crippen LogP contribution >= 0.6 is 27.5 Å². The highest BCUT2D eigenvalue weighted by molar-refractivity contribution is 9.10. The molecule has 7 nitrogen and oxygen atoms in total. The van der Waals surface area contributed by atoms with Crippen LogP contribution in [0.25, 0.3) is 0 Å². The van der Waals surface area contributed by atoms with Crippen LogP contribution in [0.1, 0.15) is 37.8 Å². The van der Waals surface area contributed by atoms with E-state index < -0.39 is 28.5 Å². The Labute approximate surface area is 215 Å². The molecule has 0 saturated heterocycles. The van der Waals surface area contributed by atoms with Crippen molar-refractivity contribution < 1.29 is 18.0 Å². The van der Waals surface area contributed by atoms with Crippen molar-refractivity contribution in [3.63, 3.8) is 0 Å². The van der Waals surface area contributed by atoms with E-state index in [0.29, 0.717) is 22.8 Å². The highest BCUT2D eigenvalue weighted by Gasteiger charge is 2.30. The third kappa shape index (κ3) is 7.71. The number of halogens is 2. The number of rotatable bonds is 11. The van der Waals surface area contributed by atoms with E-state index in [-0.39, 0.29) is 12.5 Å². The maximum atomic E-state index is 13.5. The molecule has 0 aromatic heterocycles. The Kier molecular flexibility index (Phi) is 10.4. The quantitative estimate of drug-likeness (QED) is 0.402. The van der Waals surface area contributed by atoms with Crippen molar-refractivity contribution in [2.75, 3.05) is 23.7 Å². The molecule has 2 aromatic carbocycles. The monoisotopic (exact) mass is 571 g/mol. The molecule has 0 heterocycles. The Morgan fingerprint density at radius 2 is 1.79 bits per heavy atom. The topological polar surface area (TPSA) is 86.8 Å². The summed E-state index contributed by atoms with van der Waals surface area (Å²) in [6.07, 6.45) is 2.80. The van der Waals surface area contributed by atoms with Gasteiger partial charge in [-0.15, -0.1) is 0 Å². The van der Waals surface area contributed by atoms with Crippen LogP contribution in [0.5, 0.6) is 0 Å². The Morgan fingerprint density at radius 3 is 2.38 bits per heavy atom. The van der Waals surface area contributed by atoms with Gasteiger partial charge in [0.05, 0.1) is 11.9 Å². The Balaban J connectivity index is 2.38. The van der Waals surface area contributed by atoms with Crippen molar-refractivity contribution in [3.05, 3.63) is 63.1 Å². The minimum Gasteiger partial charge on any atom is -0.354 e. The van der Waals surface area contributed by atoms with Gasteiger partial charge >= 0.3 is 0 Å². The van der Waals surface area contributed by atoms with Gasteiger partial charge in [0.2, 0.25) is 21.8 Å². The fourth-order valence-electron chi connectivity index (χ4n) is 3.37. The highest BCUT2D eigenvalue weighted by Crippen LogP contribution is 2.28. The number of hydrogen-bond acceptors (Lipinski definition) is 4. The molecule has 0 bridgehead atoms. The molecule has 2 amide bonds. The van der Waals surface area contributed by atoms with Crippen molar-refractivity contribution >= 4 is 55.1 Å². The highest BCUT2D eigenvalue weighted by atomic mass is 79.9. The summed E-state index contributed by atoms with van der Waals surface area (Å²) >= 11 is 9.60. The fraction of sp³-hybridized carbons (Fsp3) is 0.417. The Hall–Kier alpha value is -2.10. The second kappa shape index (κ2) is 12.6. The van der Waals surface area contributed by atoms with E-state index in [1.165, 1.54) is 4.90 Å². The smallest absolute Gasteiger partial charge is 0.244 e. The number of sulfonamides is 1. The molecule has 186 valence electrons. The molecule has 0 aliphatic rings. The second-order valence-electron chi connectivity index (χ2n) is 8.12. The summed E-state index contributed by atoms with van der Waals surface area (Å²) in [5.41, 5.74) is 1.69. The van der Waals surface area contributed by atoms with Gasteiger partial charge < -0.3 is 10.2 Å². The molecule has 0 aliphatic heterocycles. The van der Waals surface area contributed by atoms with Gasteiger partial charge in [0, 0.05) is 22.6 Å². The van der Waals surface area contributed by atoms with E-state index >= 15 is 0 Å². The number of nitrogens with one attached hydrogen (secondary N) is 1. The predicted octanol–water partition coefficient (Wildman–Crippen LogP) is 4.51. The van der Waals surface area contributed by atoms with Gasteiger partial charge in [-0.2, -0.15) is 0 Å². The summed E-state index contributed by atoms with van der Waals surface area (Å²) < 4.78 is 27.2. The average Bonchev–Trinajstić information content (AvgIpc) is 2.78. The van der Waals surface area contributed by atoms with Crippen molar-refractivity contribution in [2.45, 2.75) is 46.2 Å². The lowest BCUT2D eigenvalue weighted by molar-refractivity contribution is -0.139. The van der Waals surface area contributed by atoms with E-state index in [9.17, 15) is 18.0 Å². The van der Waals surface area contributed by atoms with Crippen LogP contribution in [-0.2, 0) is 26.2 Å². The van der Waals surface area contributed by atoms with Crippen LogP contribution in [0.2, 0.25) is 5.02 Å². The number of anilines is 1. The summed E-state index contributed by atoms with van der Waals surface area (Å²) in [4.78, 5) is 27.7. The summed E-state index contributed by atoms with van der Waals surface area (Å²) in [7, 11) is -3.81. The molecule has 0 fully saturated rings. The molecule has 0 spiro atoms. The third-order valence-corrected chi connectivity index (χ3v) is 7.51. The molecule has 2 aromatic rings. The Morgan fingerprint density at radius 1 is 1.15 bits per heavy atom. The number of unbranched alkanes of at least 4 members (excludes halogenated alkanes) is 1. The molecular formula is C24H31BrClN3O4S. The maximum Gasteiger partial charge on any atom is 0.244 e. The SMILES string of the molecule is CCCCNC(=O)[C@@H](C)N(Cc1ccc(Br)cc1)C(=O)CN(c1cccc(Cl)c1C)S(C)(=O)=O. The molecule has 0 saturated carbocycles. The minimum absolute atomic E-state index is 0.153. The van der Waals surface area contributed by atoms with Crippen LogP contribution in [-0.4, -0.2) is 50.5 Å². The van der Waals surface area contributed by atoms with E-state index in [2.05, 4.69) is 21.2 Å². The van der Waals surface area contributed by atoms with Crippen molar-refractivity contribution in [1.82, 2.24) is 10.2 Å². The maximum absolute atomic E-state index is 13.5. The number of benzene rings is 2. The first-order valence-corrected chi connectivity index (χ1v) is 14.0. The molecule has 0 aliphatic carbocycles. The predicted molar refractivity (Wildman–Crippen MR) is 140 cm³/mol.